The predicted molar refractivity (Wildman–Crippen MR) is 81.7 cm³/mol. The van der Waals surface area contributed by atoms with Gasteiger partial charge < -0.3 is 10.3 Å². The lowest BCUT2D eigenvalue weighted by molar-refractivity contribution is -0.122. The zero-order valence-corrected chi connectivity index (χ0v) is 12.5. The van der Waals surface area contributed by atoms with Gasteiger partial charge in [0.25, 0.3) is 0 Å². The first-order valence-electron chi connectivity index (χ1n) is 7.61. The maximum Gasteiger partial charge on any atom is 0.220 e. The van der Waals surface area contributed by atoms with E-state index in [0.29, 0.717) is 12.3 Å². The van der Waals surface area contributed by atoms with E-state index in [0.717, 1.165) is 30.2 Å². The molecule has 1 aliphatic rings. The number of aromatic nitrogens is 1. The normalized spacial score (nSPS) is 18.0. The Labute approximate surface area is 123 Å². The third-order valence-corrected chi connectivity index (χ3v) is 4.11. The van der Waals surface area contributed by atoms with Crippen LogP contribution >= 0.6 is 0 Å². The average Bonchev–Trinajstić information content (AvgIpc) is 2.74. The van der Waals surface area contributed by atoms with Gasteiger partial charge in [-0.3, -0.25) is 4.79 Å². The van der Waals surface area contributed by atoms with E-state index in [2.05, 4.69) is 10.3 Å². The summed E-state index contributed by atoms with van der Waals surface area (Å²) in [6.07, 6.45) is 3.23. The summed E-state index contributed by atoms with van der Waals surface area (Å²) in [4.78, 5) is 15.2. The number of aromatic amines is 1. The summed E-state index contributed by atoms with van der Waals surface area (Å²) in [7, 11) is 0. The number of halogens is 1. The van der Waals surface area contributed by atoms with Gasteiger partial charge in [0.2, 0.25) is 5.91 Å². The maximum absolute atomic E-state index is 13.3. The maximum atomic E-state index is 13.3. The van der Waals surface area contributed by atoms with Crippen molar-refractivity contribution in [3.63, 3.8) is 0 Å². The molecule has 0 aliphatic heterocycles. The molecule has 0 saturated carbocycles. The van der Waals surface area contributed by atoms with E-state index in [4.69, 9.17) is 0 Å². The van der Waals surface area contributed by atoms with Gasteiger partial charge in [0.05, 0.1) is 0 Å². The van der Waals surface area contributed by atoms with E-state index in [1.807, 2.05) is 19.9 Å². The second-order valence-electron chi connectivity index (χ2n) is 6.38. The number of benzene rings is 1. The third-order valence-electron chi connectivity index (χ3n) is 4.11. The van der Waals surface area contributed by atoms with Crippen LogP contribution in [0.25, 0.3) is 10.9 Å². The van der Waals surface area contributed by atoms with Crippen LogP contribution in [-0.2, 0) is 17.6 Å². The number of carbonyl (C=O) groups excluding carboxylic acids is 1. The molecule has 1 unspecified atom stereocenters. The van der Waals surface area contributed by atoms with Crippen molar-refractivity contribution in [1.82, 2.24) is 10.3 Å². The lowest BCUT2D eigenvalue weighted by Crippen LogP contribution is -2.39. The second kappa shape index (κ2) is 5.51. The fourth-order valence-corrected chi connectivity index (χ4v) is 3.18. The molecular formula is C17H21FN2O. The number of fused-ring (bicyclic) bond motifs is 3. The number of amides is 1. The van der Waals surface area contributed by atoms with E-state index >= 15 is 0 Å². The van der Waals surface area contributed by atoms with Crippen LogP contribution in [0, 0.1) is 11.7 Å². The van der Waals surface area contributed by atoms with Gasteiger partial charge in [0, 0.05) is 29.1 Å². The molecule has 1 aromatic heterocycles. The molecule has 0 fully saturated rings. The molecule has 4 heteroatoms. The van der Waals surface area contributed by atoms with E-state index in [1.165, 1.54) is 17.3 Å². The van der Waals surface area contributed by atoms with E-state index in [-0.39, 0.29) is 17.8 Å². The summed E-state index contributed by atoms with van der Waals surface area (Å²) in [6, 6.07) is 5.06. The molecule has 3 nitrogen and oxygen atoms in total. The number of hydrogen-bond donors (Lipinski definition) is 2. The number of nitrogens with one attached hydrogen (secondary N) is 2. The molecule has 0 bridgehead atoms. The van der Waals surface area contributed by atoms with Crippen molar-refractivity contribution in [3.8, 4) is 0 Å². The zero-order chi connectivity index (χ0) is 15.0. The molecule has 112 valence electrons. The van der Waals surface area contributed by atoms with Crippen LogP contribution in [0.5, 0.6) is 0 Å². The van der Waals surface area contributed by atoms with Gasteiger partial charge in [-0.05, 0) is 48.9 Å². The zero-order valence-electron chi connectivity index (χ0n) is 12.5. The highest BCUT2D eigenvalue weighted by atomic mass is 19.1. The second-order valence-corrected chi connectivity index (χ2v) is 6.38. The Hall–Kier alpha value is -1.84. The van der Waals surface area contributed by atoms with Gasteiger partial charge in [0.1, 0.15) is 5.82 Å². The Bertz CT molecular complexity index is 675. The van der Waals surface area contributed by atoms with Crippen molar-refractivity contribution in [1.29, 1.82) is 0 Å². The van der Waals surface area contributed by atoms with Crippen molar-refractivity contribution in [2.75, 3.05) is 0 Å². The Morgan fingerprint density at radius 3 is 3.05 bits per heavy atom. The first-order chi connectivity index (χ1) is 10.0. The largest absolute Gasteiger partial charge is 0.358 e. The quantitative estimate of drug-likeness (QED) is 0.894. The average molecular weight is 288 g/mol. The molecule has 1 aliphatic carbocycles. The fraction of sp³-hybridized carbons (Fsp3) is 0.471. The van der Waals surface area contributed by atoms with Crippen LogP contribution in [0.4, 0.5) is 4.39 Å². The van der Waals surface area contributed by atoms with Crippen molar-refractivity contribution >= 4 is 16.8 Å². The number of aryl methyl sites for hydroxylation is 1. The molecule has 1 amide bonds. The summed E-state index contributed by atoms with van der Waals surface area (Å²) in [5, 5.41) is 4.21. The van der Waals surface area contributed by atoms with Gasteiger partial charge in [0.15, 0.2) is 0 Å². The lowest BCUT2D eigenvalue weighted by Gasteiger charge is -2.24. The topological polar surface area (TPSA) is 44.9 Å². The van der Waals surface area contributed by atoms with Crippen molar-refractivity contribution in [3.05, 3.63) is 35.3 Å². The van der Waals surface area contributed by atoms with Crippen LogP contribution < -0.4 is 5.32 Å². The minimum absolute atomic E-state index is 0.129. The molecule has 1 heterocycles. The molecule has 1 aromatic carbocycles. The summed E-state index contributed by atoms with van der Waals surface area (Å²) in [5.74, 6) is 0.285. The number of rotatable bonds is 3. The molecule has 21 heavy (non-hydrogen) atoms. The first-order valence-corrected chi connectivity index (χ1v) is 7.61. The molecule has 1 atom stereocenters. The molecule has 0 radical (unpaired) electrons. The van der Waals surface area contributed by atoms with Crippen LogP contribution in [0.2, 0.25) is 0 Å². The van der Waals surface area contributed by atoms with E-state index < -0.39 is 0 Å². The SMILES string of the molecule is CC(C)CC(=O)NC1CCc2[nH]c3cc(F)ccc3c2C1. The van der Waals surface area contributed by atoms with Crippen LogP contribution in [0.1, 0.15) is 37.9 Å². The number of H-pyrrole nitrogens is 1. The summed E-state index contributed by atoms with van der Waals surface area (Å²) >= 11 is 0. The summed E-state index contributed by atoms with van der Waals surface area (Å²) < 4.78 is 13.3. The molecule has 0 saturated heterocycles. The molecule has 0 spiro atoms. The van der Waals surface area contributed by atoms with Crippen molar-refractivity contribution in [2.24, 2.45) is 5.92 Å². The van der Waals surface area contributed by atoms with Crippen molar-refractivity contribution < 1.29 is 9.18 Å². The first kappa shape index (κ1) is 14.1. The van der Waals surface area contributed by atoms with Crippen molar-refractivity contribution in [2.45, 2.75) is 45.6 Å². The Morgan fingerprint density at radius 1 is 1.48 bits per heavy atom. The Kier molecular flexibility index (Phi) is 3.70. The number of hydrogen-bond acceptors (Lipinski definition) is 1. The smallest absolute Gasteiger partial charge is 0.220 e. The predicted octanol–water partition coefficient (Wildman–Crippen LogP) is 3.33. The molecule has 3 rings (SSSR count). The highest BCUT2D eigenvalue weighted by Crippen LogP contribution is 2.29. The Balaban J connectivity index is 1.78. The van der Waals surface area contributed by atoms with E-state index in [1.54, 1.807) is 6.07 Å². The highest BCUT2D eigenvalue weighted by molar-refractivity contribution is 5.85. The van der Waals surface area contributed by atoms with Gasteiger partial charge in [-0.15, -0.1) is 0 Å². The minimum Gasteiger partial charge on any atom is -0.358 e. The molecular weight excluding hydrogens is 267 g/mol. The van der Waals surface area contributed by atoms with Gasteiger partial charge in [-0.2, -0.15) is 0 Å². The fourth-order valence-electron chi connectivity index (χ4n) is 3.18. The third kappa shape index (κ3) is 2.94. The summed E-state index contributed by atoms with van der Waals surface area (Å²) in [6.45, 7) is 4.10. The van der Waals surface area contributed by atoms with Gasteiger partial charge in [-0.1, -0.05) is 13.8 Å². The monoisotopic (exact) mass is 288 g/mol. The lowest BCUT2D eigenvalue weighted by atomic mass is 9.91. The van der Waals surface area contributed by atoms with Crippen LogP contribution in [-0.4, -0.2) is 16.9 Å². The highest BCUT2D eigenvalue weighted by Gasteiger charge is 2.23. The van der Waals surface area contributed by atoms with Gasteiger partial charge in [-0.25, -0.2) is 4.39 Å². The molecule has 2 aromatic rings. The molecule has 2 N–H and O–H groups in total. The number of carbonyl (C=O) groups is 1. The standard InChI is InChI=1S/C17H21FN2O/c1-10(2)7-17(21)19-12-4-6-15-14(9-12)13-5-3-11(18)8-16(13)20-15/h3,5,8,10,12,20H,4,6-7,9H2,1-2H3,(H,19,21). The van der Waals surface area contributed by atoms with Crippen LogP contribution in [0.3, 0.4) is 0 Å². The van der Waals surface area contributed by atoms with Gasteiger partial charge >= 0.3 is 0 Å². The van der Waals surface area contributed by atoms with Crippen LogP contribution in [0.15, 0.2) is 18.2 Å². The minimum atomic E-state index is -0.220. The van der Waals surface area contributed by atoms with E-state index in [9.17, 15) is 9.18 Å². The summed E-state index contributed by atoms with van der Waals surface area (Å²) in [5.41, 5.74) is 3.27. The Morgan fingerprint density at radius 2 is 2.29 bits per heavy atom.